The van der Waals surface area contributed by atoms with E-state index in [2.05, 4.69) is 18.9 Å². The minimum atomic E-state index is 0.00565. The number of carbonyl (C=O) groups is 1. The quantitative estimate of drug-likeness (QED) is 0.823. The summed E-state index contributed by atoms with van der Waals surface area (Å²) in [6.45, 7) is 7.92. The Morgan fingerprint density at radius 1 is 1.33 bits per heavy atom. The van der Waals surface area contributed by atoms with Crippen LogP contribution in [-0.4, -0.2) is 33.7 Å². The molecule has 1 aromatic heterocycles. The summed E-state index contributed by atoms with van der Waals surface area (Å²) in [6, 6.07) is 0. The maximum atomic E-state index is 12.5. The van der Waals surface area contributed by atoms with E-state index < -0.39 is 0 Å². The van der Waals surface area contributed by atoms with Crippen molar-refractivity contribution in [2.75, 3.05) is 18.8 Å². The van der Waals surface area contributed by atoms with Gasteiger partial charge in [-0.05, 0) is 25.2 Å². The summed E-state index contributed by atoms with van der Waals surface area (Å²) < 4.78 is 1.59. The number of hydrogen-bond acceptors (Lipinski definition) is 3. The third-order valence-corrected chi connectivity index (χ3v) is 3.88. The second kappa shape index (κ2) is 4.30. The van der Waals surface area contributed by atoms with Gasteiger partial charge in [0.2, 0.25) is 0 Å². The lowest BCUT2D eigenvalue weighted by Gasteiger charge is -2.36. The number of likely N-dealkylation sites (tertiary alicyclic amines) is 1. The number of nitrogens with two attached hydrogens (primary N) is 1. The summed E-state index contributed by atoms with van der Waals surface area (Å²) in [5, 5.41) is 4.20. The van der Waals surface area contributed by atoms with Gasteiger partial charge in [0.15, 0.2) is 0 Å². The van der Waals surface area contributed by atoms with Gasteiger partial charge in [0.05, 0.1) is 11.4 Å². The SMILES string of the molecule is Cc1nn(C)c(C(=O)N2CCC(C)(C)CC2)c1N. The molecule has 1 aromatic rings. The van der Waals surface area contributed by atoms with Gasteiger partial charge < -0.3 is 10.6 Å². The Morgan fingerprint density at radius 2 is 1.89 bits per heavy atom. The van der Waals surface area contributed by atoms with E-state index in [1.807, 2.05) is 11.8 Å². The summed E-state index contributed by atoms with van der Waals surface area (Å²) >= 11 is 0. The molecule has 0 saturated carbocycles. The van der Waals surface area contributed by atoms with Gasteiger partial charge in [-0.25, -0.2) is 0 Å². The molecule has 2 N–H and O–H groups in total. The molecule has 0 aliphatic carbocycles. The van der Waals surface area contributed by atoms with Crippen LogP contribution < -0.4 is 5.73 Å². The molecule has 0 spiro atoms. The number of hydrogen-bond donors (Lipinski definition) is 1. The molecule has 1 saturated heterocycles. The van der Waals surface area contributed by atoms with Crippen molar-refractivity contribution in [3.8, 4) is 0 Å². The second-order valence-corrected chi connectivity index (χ2v) is 5.93. The van der Waals surface area contributed by atoms with Crippen molar-refractivity contribution in [2.45, 2.75) is 33.6 Å². The predicted octanol–water partition coefficient (Wildman–Crippen LogP) is 1.57. The number of anilines is 1. The molecule has 0 bridgehead atoms. The Morgan fingerprint density at radius 3 is 2.33 bits per heavy atom. The Labute approximate surface area is 108 Å². The molecule has 0 aromatic carbocycles. The van der Waals surface area contributed by atoms with Crippen molar-refractivity contribution in [1.29, 1.82) is 0 Å². The minimum Gasteiger partial charge on any atom is -0.395 e. The van der Waals surface area contributed by atoms with Crippen LogP contribution in [0.5, 0.6) is 0 Å². The van der Waals surface area contributed by atoms with Gasteiger partial charge in [0.1, 0.15) is 5.69 Å². The van der Waals surface area contributed by atoms with Gasteiger partial charge in [-0.1, -0.05) is 13.8 Å². The minimum absolute atomic E-state index is 0.00565. The lowest BCUT2D eigenvalue weighted by atomic mass is 9.82. The van der Waals surface area contributed by atoms with Gasteiger partial charge >= 0.3 is 0 Å². The van der Waals surface area contributed by atoms with E-state index in [4.69, 9.17) is 5.73 Å². The third-order valence-electron chi connectivity index (χ3n) is 3.88. The van der Waals surface area contributed by atoms with Gasteiger partial charge in [0, 0.05) is 20.1 Å². The number of amides is 1. The number of carbonyl (C=O) groups excluding carboxylic acids is 1. The topological polar surface area (TPSA) is 64.2 Å². The zero-order valence-electron chi connectivity index (χ0n) is 11.7. The average Bonchev–Trinajstić information content (AvgIpc) is 2.52. The van der Waals surface area contributed by atoms with Crippen LogP contribution in [0.1, 0.15) is 42.9 Å². The van der Waals surface area contributed by atoms with Crippen LogP contribution in [-0.2, 0) is 7.05 Å². The van der Waals surface area contributed by atoms with Crippen LogP contribution in [0.4, 0.5) is 5.69 Å². The van der Waals surface area contributed by atoms with Crippen molar-refractivity contribution in [1.82, 2.24) is 14.7 Å². The first-order valence-corrected chi connectivity index (χ1v) is 6.40. The lowest BCUT2D eigenvalue weighted by Crippen LogP contribution is -2.42. The zero-order valence-corrected chi connectivity index (χ0v) is 11.7. The van der Waals surface area contributed by atoms with E-state index in [-0.39, 0.29) is 5.91 Å². The first kappa shape index (κ1) is 12.9. The highest BCUT2D eigenvalue weighted by molar-refractivity contribution is 5.98. The molecule has 2 rings (SSSR count). The van der Waals surface area contributed by atoms with Crippen LogP contribution in [0.3, 0.4) is 0 Å². The standard InChI is InChI=1S/C13H22N4O/c1-9-10(14)11(16(4)15-9)12(18)17-7-5-13(2,3)6-8-17/h5-8,14H2,1-4H3. The molecule has 1 fully saturated rings. The van der Waals surface area contributed by atoms with E-state index >= 15 is 0 Å². The van der Waals surface area contributed by atoms with E-state index in [0.717, 1.165) is 31.6 Å². The summed E-state index contributed by atoms with van der Waals surface area (Å²) in [6.07, 6.45) is 2.07. The van der Waals surface area contributed by atoms with Crippen LogP contribution >= 0.6 is 0 Å². The summed E-state index contributed by atoms with van der Waals surface area (Å²) in [7, 11) is 1.77. The monoisotopic (exact) mass is 250 g/mol. The molecule has 2 heterocycles. The van der Waals surface area contributed by atoms with Gasteiger partial charge in [-0.3, -0.25) is 9.48 Å². The van der Waals surface area contributed by atoms with E-state index in [1.165, 1.54) is 0 Å². The first-order chi connectivity index (χ1) is 8.32. The molecule has 1 aliphatic rings. The number of nitrogen functional groups attached to an aromatic ring is 1. The molecule has 0 radical (unpaired) electrons. The maximum Gasteiger partial charge on any atom is 0.274 e. The molecule has 5 heteroatoms. The Hall–Kier alpha value is -1.52. The highest BCUT2D eigenvalue weighted by atomic mass is 16.2. The Bertz CT molecular complexity index is 466. The van der Waals surface area contributed by atoms with Crippen molar-refractivity contribution < 1.29 is 4.79 Å². The molecule has 1 amide bonds. The van der Waals surface area contributed by atoms with Crippen molar-refractivity contribution in [3.63, 3.8) is 0 Å². The van der Waals surface area contributed by atoms with E-state index in [1.54, 1.807) is 11.7 Å². The van der Waals surface area contributed by atoms with Crippen molar-refractivity contribution in [3.05, 3.63) is 11.4 Å². The molecule has 5 nitrogen and oxygen atoms in total. The Kier molecular flexibility index (Phi) is 3.09. The molecule has 0 atom stereocenters. The highest BCUT2D eigenvalue weighted by Crippen LogP contribution is 2.30. The fourth-order valence-electron chi connectivity index (χ4n) is 2.39. The highest BCUT2D eigenvalue weighted by Gasteiger charge is 2.30. The fourth-order valence-corrected chi connectivity index (χ4v) is 2.39. The van der Waals surface area contributed by atoms with Gasteiger partial charge in [-0.15, -0.1) is 0 Å². The van der Waals surface area contributed by atoms with Crippen molar-refractivity contribution in [2.24, 2.45) is 12.5 Å². The van der Waals surface area contributed by atoms with Gasteiger partial charge in [-0.2, -0.15) is 5.10 Å². The largest absolute Gasteiger partial charge is 0.395 e. The fraction of sp³-hybridized carbons (Fsp3) is 0.692. The smallest absolute Gasteiger partial charge is 0.274 e. The maximum absolute atomic E-state index is 12.5. The molecule has 18 heavy (non-hydrogen) atoms. The average molecular weight is 250 g/mol. The second-order valence-electron chi connectivity index (χ2n) is 5.93. The molecule has 0 unspecified atom stereocenters. The summed E-state index contributed by atoms with van der Waals surface area (Å²) in [5.74, 6) is 0.00565. The number of nitrogens with zero attached hydrogens (tertiary/aromatic N) is 3. The van der Waals surface area contributed by atoms with Crippen LogP contribution in [0.25, 0.3) is 0 Å². The van der Waals surface area contributed by atoms with Gasteiger partial charge in [0.25, 0.3) is 5.91 Å². The van der Waals surface area contributed by atoms with E-state index in [0.29, 0.717) is 16.8 Å². The van der Waals surface area contributed by atoms with Crippen LogP contribution in [0.15, 0.2) is 0 Å². The summed E-state index contributed by atoms with van der Waals surface area (Å²) in [4.78, 5) is 14.3. The van der Waals surface area contributed by atoms with Crippen LogP contribution in [0.2, 0.25) is 0 Å². The number of aryl methyl sites for hydroxylation is 2. The predicted molar refractivity (Wildman–Crippen MR) is 71.3 cm³/mol. The molecular formula is C13H22N4O. The molecule has 100 valence electrons. The van der Waals surface area contributed by atoms with E-state index in [9.17, 15) is 4.79 Å². The summed E-state index contributed by atoms with van der Waals surface area (Å²) in [5.41, 5.74) is 8.02. The third kappa shape index (κ3) is 2.21. The zero-order chi connectivity index (χ0) is 13.5. The van der Waals surface area contributed by atoms with Crippen molar-refractivity contribution >= 4 is 11.6 Å². The normalized spacial score (nSPS) is 19.0. The lowest BCUT2D eigenvalue weighted by molar-refractivity contribution is 0.0620. The molecule has 1 aliphatic heterocycles. The molecular weight excluding hydrogens is 228 g/mol. The van der Waals surface area contributed by atoms with Crippen LogP contribution in [0, 0.1) is 12.3 Å². The first-order valence-electron chi connectivity index (χ1n) is 6.40. The number of rotatable bonds is 1. The number of piperidine rings is 1. The number of aromatic nitrogens is 2. The Balaban J connectivity index is 2.18.